The molecule has 0 saturated heterocycles. The Labute approximate surface area is 192 Å². The minimum atomic E-state index is -0.235. The highest BCUT2D eigenvalue weighted by molar-refractivity contribution is 5.95. The Morgan fingerprint density at radius 3 is 2.03 bits per heavy atom. The monoisotopic (exact) mass is 428 g/mol. The molecule has 1 heterocycles. The third-order valence-corrected chi connectivity index (χ3v) is 6.30. The van der Waals surface area contributed by atoms with E-state index in [0.29, 0.717) is 11.4 Å². The summed E-state index contributed by atoms with van der Waals surface area (Å²) in [5.74, 6) is 0.752. The molecule has 0 N–H and O–H groups in total. The van der Waals surface area contributed by atoms with Crippen LogP contribution in [-0.2, 0) is 6.54 Å². The van der Waals surface area contributed by atoms with Crippen LogP contribution in [0.2, 0.25) is 0 Å². The van der Waals surface area contributed by atoms with E-state index in [9.17, 15) is 4.79 Å². The molecule has 0 bridgehead atoms. The van der Waals surface area contributed by atoms with Crippen molar-refractivity contribution >= 4 is 16.6 Å². The van der Waals surface area contributed by atoms with Crippen LogP contribution in [0.25, 0.3) is 21.9 Å². The summed E-state index contributed by atoms with van der Waals surface area (Å²) in [7, 11) is 0. The molecular weight excluding hydrogens is 406 g/mol. The van der Waals surface area contributed by atoms with Crippen molar-refractivity contribution in [2.24, 2.45) is 0 Å². The van der Waals surface area contributed by atoms with Crippen LogP contribution in [0.4, 0.5) is 0 Å². The fourth-order valence-electron chi connectivity index (χ4n) is 4.70. The van der Waals surface area contributed by atoms with Crippen molar-refractivity contribution in [1.29, 1.82) is 0 Å². The van der Waals surface area contributed by atoms with Gasteiger partial charge in [0.15, 0.2) is 12.3 Å². The fraction of sp³-hybridized carbons (Fsp3) is 0.0667. The van der Waals surface area contributed by atoms with Crippen LogP contribution in [0.1, 0.15) is 27.6 Å². The summed E-state index contributed by atoms with van der Waals surface area (Å²) in [4.78, 5) is 13.1. The molecule has 0 saturated carbocycles. The first-order chi connectivity index (χ1) is 16.3. The molecule has 5 aromatic rings. The predicted octanol–water partition coefficient (Wildman–Crippen LogP) is 6.16. The minimum Gasteiger partial charge on any atom is -0.431 e. The Morgan fingerprint density at radius 1 is 0.697 bits per heavy atom. The van der Waals surface area contributed by atoms with E-state index in [2.05, 4.69) is 60.7 Å². The number of pyridine rings is 1. The van der Waals surface area contributed by atoms with E-state index < -0.39 is 0 Å². The van der Waals surface area contributed by atoms with Gasteiger partial charge in [-0.2, -0.15) is 4.57 Å². The highest BCUT2D eigenvalue weighted by Gasteiger charge is 2.33. The third kappa shape index (κ3) is 3.39. The molecule has 4 aromatic carbocycles. The smallest absolute Gasteiger partial charge is 0.377 e. The number of aromatic nitrogens is 1. The van der Waals surface area contributed by atoms with Crippen molar-refractivity contribution in [2.75, 3.05) is 0 Å². The number of ether oxygens (including phenoxy) is 1. The van der Waals surface area contributed by atoms with Gasteiger partial charge in [0.2, 0.25) is 12.3 Å². The van der Waals surface area contributed by atoms with E-state index in [-0.39, 0.29) is 18.4 Å². The molecule has 33 heavy (non-hydrogen) atoms. The molecular formula is C30H22NO2+. The molecule has 0 atom stereocenters. The van der Waals surface area contributed by atoms with Gasteiger partial charge in [-0.1, -0.05) is 97.1 Å². The molecule has 3 nitrogen and oxygen atoms in total. The number of carbonyl (C=O) groups excluding carboxylic acids is 1. The number of hydrogen-bond donors (Lipinski definition) is 0. The zero-order valence-corrected chi connectivity index (χ0v) is 18.0. The number of hydrogen-bond acceptors (Lipinski definition) is 2. The molecule has 0 spiro atoms. The number of nitrogens with zero attached hydrogens (tertiary/aromatic N) is 1. The van der Waals surface area contributed by atoms with Gasteiger partial charge in [0.05, 0.1) is 5.39 Å². The molecule has 0 aliphatic heterocycles. The summed E-state index contributed by atoms with van der Waals surface area (Å²) < 4.78 is 8.75. The number of carbonyl (C=O) groups is 1. The molecule has 3 heteroatoms. The maximum atomic E-state index is 13.1. The first kappa shape index (κ1) is 19.4. The number of benzene rings is 4. The van der Waals surface area contributed by atoms with Crippen molar-refractivity contribution in [1.82, 2.24) is 0 Å². The van der Waals surface area contributed by atoms with E-state index in [1.54, 1.807) is 0 Å². The average molecular weight is 429 g/mol. The SMILES string of the molecule is O=C(C[n+]1ccc2ccccc2c1OC1c2ccccc2-c2ccccc21)c1ccccc1. The second-order valence-electron chi connectivity index (χ2n) is 8.30. The van der Waals surface area contributed by atoms with Gasteiger partial charge >= 0.3 is 5.88 Å². The van der Waals surface area contributed by atoms with Gasteiger partial charge in [0, 0.05) is 22.8 Å². The van der Waals surface area contributed by atoms with Crippen LogP contribution in [0.5, 0.6) is 5.88 Å². The van der Waals surface area contributed by atoms with Crippen molar-refractivity contribution in [2.45, 2.75) is 12.6 Å². The minimum absolute atomic E-state index is 0.0490. The van der Waals surface area contributed by atoms with Crippen molar-refractivity contribution < 1.29 is 14.1 Å². The standard InChI is InChI=1S/C30H22NO2/c32-28(22-11-2-1-3-12-22)20-31-19-18-21-10-4-5-13-23(21)30(31)33-29-26-16-8-6-14-24(26)25-15-7-9-17-27(25)29/h1-19,29H,20H2/q+1. The van der Waals surface area contributed by atoms with E-state index in [1.807, 2.05) is 59.3 Å². The molecule has 1 aromatic heterocycles. The quantitative estimate of drug-likeness (QED) is 0.248. The summed E-state index contributed by atoms with van der Waals surface area (Å²) in [6.45, 7) is 0.209. The molecule has 1 aliphatic carbocycles. The lowest BCUT2D eigenvalue weighted by Gasteiger charge is -2.16. The number of ketones is 1. The van der Waals surface area contributed by atoms with Crippen LogP contribution in [0.15, 0.2) is 115 Å². The largest absolute Gasteiger partial charge is 0.431 e. The zero-order chi connectivity index (χ0) is 22.2. The normalized spacial score (nSPS) is 12.4. The van der Waals surface area contributed by atoms with Gasteiger partial charge < -0.3 is 4.74 Å². The third-order valence-electron chi connectivity index (χ3n) is 6.30. The second-order valence-corrected chi connectivity index (χ2v) is 8.30. The zero-order valence-electron chi connectivity index (χ0n) is 18.0. The van der Waals surface area contributed by atoms with Crippen molar-refractivity contribution in [3.63, 3.8) is 0 Å². The van der Waals surface area contributed by atoms with E-state index in [0.717, 1.165) is 21.9 Å². The highest BCUT2D eigenvalue weighted by Crippen LogP contribution is 2.45. The van der Waals surface area contributed by atoms with Gasteiger partial charge in [-0.05, 0) is 22.6 Å². The average Bonchev–Trinajstić information content (AvgIpc) is 3.19. The lowest BCUT2D eigenvalue weighted by atomic mass is 10.1. The molecule has 0 unspecified atom stereocenters. The molecule has 0 radical (unpaired) electrons. The maximum Gasteiger partial charge on any atom is 0.377 e. The lowest BCUT2D eigenvalue weighted by molar-refractivity contribution is -0.687. The molecule has 0 amide bonds. The van der Waals surface area contributed by atoms with Crippen molar-refractivity contribution in [3.8, 4) is 17.0 Å². The molecule has 0 fully saturated rings. The Kier molecular flexibility index (Phi) is 4.73. The van der Waals surface area contributed by atoms with Gasteiger partial charge in [-0.25, -0.2) is 0 Å². The van der Waals surface area contributed by atoms with Crippen LogP contribution < -0.4 is 9.30 Å². The summed E-state index contributed by atoms with van der Waals surface area (Å²) in [6, 6.07) is 36.4. The highest BCUT2D eigenvalue weighted by atomic mass is 16.5. The first-order valence-corrected chi connectivity index (χ1v) is 11.1. The Hall–Kier alpha value is -4.24. The maximum absolute atomic E-state index is 13.1. The lowest BCUT2D eigenvalue weighted by Crippen LogP contribution is -2.40. The van der Waals surface area contributed by atoms with E-state index in [1.165, 1.54) is 11.1 Å². The first-order valence-electron chi connectivity index (χ1n) is 11.1. The summed E-state index contributed by atoms with van der Waals surface area (Å²) in [5, 5.41) is 2.07. The van der Waals surface area contributed by atoms with Crippen LogP contribution >= 0.6 is 0 Å². The number of rotatable bonds is 5. The number of fused-ring (bicyclic) bond motifs is 4. The Balaban J connectivity index is 1.47. The summed E-state index contributed by atoms with van der Waals surface area (Å²) in [5.41, 5.74) is 5.39. The van der Waals surface area contributed by atoms with Gasteiger partial charge in [-0.3, -0.25) is 4.79 Å². The molecule has 6 rings (SSSR count). The van der Waals surface area contributed by atoms with Crippen LogP contribution in [0, 0.1) is 0 Å². The predicted molar refractivity (Wildman–Crippen MR) is 129 cm³/mol. The van der Waals surface area contributed by atoms with Crippen molar-refractivity contribution in [3.05, 3.63) is 132 Å². The van der Waals surface area contributed by atoms with Crippen LogP contribution in [0.3, 0.4) is 0 Å². The fourth-order valence-corrected chi connectivity index (χ4v) is 4.70. The van der Waals surface area contributed by atoms with E-state index >= 15 is 0 Å². The van der Waals surface area contributed by atoms with Gasteiger partial charge in [-0.15, -0.1) is 0 Å². The van der Waals surface area contributed by atoms with Crippen LogP contribution in [-0.4, -0.2) is 5.78 Å². The van der Waals surface area contributed by atoms with Gasteiger partial charge in [0.1, 0.15) is 0 Å². The topological polar surface area (TPSA) is 30.2 Å². The van der Waals surface area contributed by atoms with E-state index in [4.69, 9.17) is 4.74 Å². The summed E-state index contributed by atoms with van der Waals surface area (Å²) in [6.07, 6.45) is 1.71. The Bertz CT molecular complexity index is 1440. The second kappa shape index (κ2) is 8.03. The number of Topliss-reactive ketones (excluding diaryl/α,β-unsaturated/α-hetero) is 1. The summed E-state index contributed by atoms with van der Waals surface area (Å²) >= 11 is 0. The Morgan fingerprint density at radius 2 is 1.30 bits per heavy atom. The van der Waals surface area contributed by atoms with Gasteiger partial charge in [0.25, 0.3) is 0 Å². The molecule has 158 valence electrons. The molecule has 1 aliphatic rings.